The molecule has 138 valence electrons. The van der Waals surface area contributed by atoms with Gasteiger partial charge in [0, 0.05) is 24.2 Å². The van der Waals surface area contributed by atoms with Gasteiger partial charge < -0.3 is 9.64 Å². The number of pyridine rings is 1. The highest BCUT2D eigenvalue weighted by Crippen LogP contribution is 2.34. The summed E-state index contributed by atoms with van der Waals surface area (Å²) >= 11 is 0. The predicted octanol–water partition coefficient (Wildman–Crippen LogP) is 1.32. The van der Waals surface area contributed by atoms with Gasteiger partial charge in [-0.15, -0.1) is 0 Å². The molecular formula is C18H17N5O4. The molecule has 0 fully saturated rings. The number of nitrogens with zero attached hydrogens (tertiary/aromatic N) is 4. The van der Waals surface area contributed by atoms with E-state index in [1.165, 1.54) is 12.1 Å². The van der Waals surface area contributed by atoms with Gasteiger partial charge in [-0.25, -0.2) is 10.5 Å². The summed E-state index contributed by atoms with van der Waals surface area (Å²) in [4.78, 5) is 30.2. The molecule has 27 heavy (non-hydrogen) atoms. The fourth-order valence-electron chi connectivity index (χ4n) is 3.20. The summed E-state index contributed by atoms with van der Waals surface area (Å²) in [5, 5.41) is 14.1. The first kappa shape index (κ1) is 17.0. The van der Waals surface area contributed by atoms with E-state index >= 15 is 0 Å². The number of hydrogen-bond donors (Lipinski definition) is 2. The molecule has 0 spiro atoms. The van der Waals surface area contributed by atoms with E-state index in [0.29, 0.717) is 11.4 Å². The second-order valence-electron chi connectivity index (χ2n) is 6.32. The lowest BCUT2D eigenvalue weighted by Gasteiger charge is -2.29. The van der Waals surface area contributed by atoms with Gasteiger partial charge in [0.15, 0.2) is 12.3 Å². The van der Waals surface area contributed by atoms with Crippen LogP contribution >= 0.6 is 0 Å². The number of hydrogen-bond acceptors (Lipinski definition) is 6. The first-order valence-electron chi connectivity index (χ1n) is 8.28. The fourth-order valence-corrected chi connectivity index (χ4v) is 3.20. The van der Waals surface area contributed by atoms with Crippen LogP contribution in [0, 0.1) is 6.92 Å². The van der Waals surface area contributed by atoms with Gasteiger partial charge in [-0.1, -0.05) is 0 Å². The van der Waals surface area contributed by atoms with Crippen molar-refractivity contribution in [3.05, 3.63) is 47.3 Å². The molecule has 0 radical (unpaired) electrons. The zero-order valence-corrected chi connectivity index (χ0v) is 14.8. The van der Waals surface area contributed by atoms with E-state index in [-0.39, 0.29) is 24.6 Å². The van der Waals surface area contributed by atoms with Gasteiger partial charge in [-0.2, -0.15) is 5.10 Å². The van der Waals surface area contributed by atoms with Crippen LogP contribution in [0.2, 0.25) is 0 Å². The summed E-state index contributed by atoms with van der Waals surface area (Å²) in [7, 11) is 1.83. The number of aryl methyl sites for hydroxylation is 2. The van der Waals surface area contributed by atoms with E-state index in [2.05, 4.69) is 10.1 Å². The van der Waals surface area contributed by atoms with Crippen molar-refractivity contribution >= 4 is 28.5 Å². The number of aromatic nitrogens is 3. The Kier molecular flexibility index (Phi) is 4.00. The van der Waals surface area contributed by atoms with Gasteiger partial charge in [-0.05, 0) is 36.8 Å². The Morgan fingerprint density at radius 1 is 1.37 bits per heavy atom. The Bertz CT molecular complexity index is 1080. The maximum atomic E-state index is 12.5. The minimum Gasteiger partial charge on any atom is -0.482 e. The Morgan fingerprint density at radius 3 is 2.96 bits per heavy atom. The third-order valence-electron chi connectivity index (χ3n) is 4.53. The number of fused-ring (bicyclic) bond motifs is 2. The highest BCUT2D eigenvalue weighted by Gasteiger charge is 2.27. The number of amides is 2. The largest absolute Gasteiger partial charge is 0.482 e. The summed E-state index contributed by atoms with van der Waals surface area (Å²) in [6.07, 6.45) is 1.70. The summed E-state index contributed by atoms with van der Waals surface area (Å²) in [5.74, 6) is -0.396. The van der Waals surface area contributed by atoms with Crippen LogP contribution in [0.4, 0.5) is 5.69 Å². The zero-order valence-electron chi connectivity index (χ0n) is 14.8. The number of hydroxylamine groups is 1. The number of carbonyl (C=O) groups is 2. The Morgan fingerprint density at radius 2 is 2.19 bits per heavy atom. The summed E-state index contributed by atoms with van der Waals surface area (Å²) in [6, 6.07) is 6.59. The van der Waals surface area contributed by atoms with Crippen LogP contribution in [0.25, 0.3) is 11.0 Å². The lowest BCUT2D eigenvalue weighted by Crippen LogP contribution is -2.38. The van der Waals surface area contributed by atoms with Crippen molar-refractivity contribution in [2.75, 3.05) is 11.5 Å². The highest BCUT2D eigenvalue weighted by molar-refractivity contribution is 6.01. The quantitative estimate of drug-likeness (QED) is 0.534. The maximum absolute atomic E-state index is 12.5. The Labute approximate surface area is 154 Å². The Balaban J connectivity index is 1.73. The molecule has 9 nitrogen and oxygen atoms in total. The number of nitrogens with one attached hydrogen (secondary N) is 1. The van der Waals surface area contributed by atoms with Crippen LogP contribution in [0.3, 0.4) is 0 Å². The summed E-state index contributed by atoms with van der Waals surface area (Å²) in [6.45, 7) is 2.10. The molecule has 2 aromatic heterocycles. The van der Waals surface area contributed by atoms with Crippen molar-refractivity contribution in [1.29, 1.82) is 0 Å². The van der Waals surface area contributed by atoms with E-state index in [1.807, 2.05) is 20.0 Å². The number of ether oxygens (including phenoxy) is 1. The average Bonchev–Trinajstić information content (AvgIpc) is 2.96. The second kappa shape index (κ2) is 6.36. The van der Waals surface area contributed by atoms with Gasteiger partial charge in [0.05, 0.1) is 17.9 Å². The fraction of sp³-hybridized carbons (Fsp3) is 0.222. The molecule has 0 saturated carbocycles. The van der Waals surface area contributed by atoms with Gasteiger partial charge >= 0.3 is 0 Å². The van der Waals surface area contributed by atoms with Crippen LogP contribution in [0.5, 0.6) is 5.75 Å². The number of benzene rings is 1. The molecular weight excluding hydrogens is 350 g/mol. The van der Waals surface area contributed by atoms with Crippen LogP contribution in [0.15, 0.2) is 30.5 Å². The van der Waals surface area contributed by atoms with Crippen LogP contribution in [0.1, 0.15) is 21.6 Å². The lowest BCUT2D eigenvalue weighted by atomic mass is 10.1. The van der Waals surface area contributed by atoms with Crippen molar-refractivity contribution in [3.63, 3.8) is 0 Å². The molecule has 1 aliphatic heterocycles. The summed E-state index contributed by atoms with van der Waals surface area (Å²) < 4.78 is 7.16. The zero-order chi connectivity index (χ0) is 19.1. The average molecular weight is 367 g/mol. The molecule has 4 rings (SSSR count). The van der Waals surface area contributed by atoms with Crippen LogP contribution < -0.4 is 15.1 Å². The van der Waals surface area contributed by atoms with Gasteiger partial charge in [0.1, 0.15) is 5.75 Å². The monoisotopic (exact) mass is 367 g/mol. The Hall–Kier alpha value is -3.46. The van der Waals surface area contributed by atoms with Crippen LogP contribution in [-0.4, -0.2) is 38.4 Å². The second-order valence-corrected chi connectivity index (χ2v) is 6.32. The summed E-state index contributed by atoms with van der Waals surface area (Å²) in [5.41, 5.74) is 4.74. The molecule has 9 heteroatoms. The molecule has 1 aromatic carbocycles. The molecule has 3 aromatic rings. The smallest absolute Gasteiger partial charge is 0.274 e. The van der Waals surface area contributed by atoms with E-state index in [0.717, 1.165) is 22.3 Å². The molecule has 0 unspecified atom stereocenters. The maximum Gasteiger partial charge on any atom is 0.274 e. The van der Waals surface area contributed by atoms with E-state index in [9.17, 15) is 9.59 Å². The molecule has 0 atom stereocenters. The molecule has 2 amide bonds. The highest BCUT2D eigenvalue weighted by atomic mass is 16.5. The third-order valence-corrected chi connectivity index (χ3v) is 4.53. The third kappa shape index (κ3) is 2.87. The lowest BCUT2D eigenvalue weighted by molar-refractivity contribution is -0.121. The number of anilines is 1. The molecule has 0 bridgehead atoms. The van der Waals surface area contributed by atoms with Crippen molar-refractivity contribution < 1.29 is 19.5 Å². The number of carbonyl (C=O) groups excluding carboxylic acids is 2. The van der Waals surface area contributed by atoms with Crippen molar-refractivity contribution in [3.8, 4) is 5.75 Å². The predicted molar refractivity (Wildman–Crippen MR) is 95.6 cm³/mol. The van der Waals surface area contributed by atoms with Crippen molar-refractivity contribution in [1.82, 2.24) is 20.2 Å². The first-order valence-corrected chi connectivity index (χ1v) is 8.28. The standard InChI is InChI=1S/C18H17N5O4/c1-10-13-5-11(7-19-17(13)22(2)20-10)8-23-14-6-12(18(25)21-26)3-4-15(14)27-9-16(23)24/h3-7,26H,8-9H2,1-2H3,(H,21,25). The topological polar surface area (TPSA) is 110 Å². The number of rotatable bonds is 3. The van der Waals surface area contributed by atoms with Crippen molar-refractivity contribution in [2.45, 2.75) is 13.5 Å². The van der Waals surface area contributed by atoms with Gasteiger partial charge in [0.2, 0.25) is 0 Å². The van der Waals surface area contributed by atoms with Crippen LogP contribution in [-0.2, 0) is 18.4 Å². The van der Waals surface area contributed by atoms with Crippen molar-refractivity contribution in [2.24, 2.45) is 7.05 Å². The molecule has 3 heterocycles. The molecule has 0 aliphatic carbocycles. The SMILES string of the molecule is Cc1nn(C)c2ncc(CN3C(=O)COc4ccc(C(=O)NO)cc43)cc12. The molecule has 1 aliphatic rings. The normalized spacial score (nSPS) is 13.4. The van der Waals surface area contributed by atoms with Gasteiger partial charge in [0.25, 0.3) is 11.8 Å². The molecule has 2 N–H and O–H groups in total. The first-order chi connectivity index (χ1) is 13.0. The van der Waals surface area contributed by atoms with E-state index < -0.39 is 5.91 Å². The van der Waals surface area contributed by atoms with Gasteiger partial charge in [-0.3, -0.25) is 19.5 Å². The minimum atomic E-state index is -0.662. The minimum absolute atomic E-state index is 0.0832. The molecule has 0 saturated heterocycles. The van der Waals surface area contributed by atoms with E-state index in [1.54, 1.807) is 27.3 Å². The van der Waals surface area contributed by atoms with E-state index in [4.69, 9.17) is 9.94 Å².